The molecule has 0 saturated carbocycles. The molecule has 2 unspecified atom stereocenters. The van der Waals surface area contributed by atoms with E-state index in [0.717, 1.165) is 5.57 Å². The summed E-state index contributed by atoms with van der Waals surface area (Å²) in [7, 11) is 0. The predicted octanol–water partition coefficient (Wildman–Crippen LogP) is 0.219. The monoisotopic (exact) mass is 164 g/mol. The normalized spacial score (nSPS) is 43.2. The Kier molecular flexibility index (Phi) is 1.02. The van der Waals surface area contributed by atoms with Gasteiger partial charge in [0.1, 0.15) is 11.7 Å². The predicted molar refractivity (Wildman–Crippen MR) is 40.7 cm³/mol. The molecular formula is C9H8O3. The number of ketones is 1. The standard InChI is InChI=1S/C9H8O3/c10-7-1-2-9-5-11-4-6(9)3-8(7)12-9/h1-3,8H,4-5H2. The maximum atomic E-state index is 11.2. The quantitative estimate of drug-likeness (QED) is 0.480. The minimum absolute atomic E-state index is 0.0440. The van der Waals surface area contributed by atoms with Crippen molar-refractivity contribution in [2.45, 2.75) is 11.7 Å². The molecule has 0 aromatic carbocycles. The Morgan fingerprint density at radius 2 is 2.50 bits per heavy atom. The molecule has 3 aliphatic rings. The molecule has 0 aromatic heterocycles. The zero-order valence-corrected chi connectivity index (χ0v) is 6.45. The first-order valence-electron chi connectivity index (χ1n) is 4.00. The summed E-state index contributed by atoms with van der Waals surface area (Å²) in [5.41, 5.74) is 0.730. The van der Waals surface area contributed by atoms with E-state index in [1.807, 2.05) is 12.2 Å². The van der Waals surface area contributed by atoms with Crippen molar-refractivity contribution < 1.29 is 14.3 Å². The summed E-state index contributed by atoms with van der Waals surface area (Å²) in [6.07, 6.45) is 4.97. The van der Waals surface area contributed by atoms with Crippen molar-refractivity contribution in [1.29, 1.82) is 0 Å². The van der Waals surface area contributed by atoms with Gasteiger partial charge < -0.3 is 9.47 Å². The molecule has 3 rings (SSSR count). The van der Waals surface area contributed by atoms with Gasteiger partial charge in [0.15, 0.2) is 5.78 Å². The second-order valence-corrected chi connectivity index (χ2v) is 3.35. The van der Waals surface area contributed by atoms with Crippen LogP contribution in [-0.2, 0) is 14.3 Å². The zero-order valence-electron chi connectivity index (χ0n) is 6.45. The van der Waals surface area contributed by atoms with Gasteiger partial charge in [0.05, 0.1) is 13.2 Å². The minimum Gasteiger partial charge on any atom is -0.373 e. The van der Waals surface area contributed by atoms with Gasteiger partial charge in [-0.05, 0) is 23.8 Å². The molecule has 3 heteroatoms. The fourth-order valence-electron chi connectivity index (χ4n) is 1.92. The zero-order chi connectivity index (χ0) is 8.18. The van der Waals surface area contributed by atoms with E-state index in [-0.39, 0.29) is 17.5 Å². The van der Waals surface area contributed by atoms with E-state index in [1.54, 1.807) is 6.08 Å². The summed E-state index contributed by atoms with van der Waals surface area (Å²) in [6.45, 7) is 1.16. The molecule has 3 aliphatic heterocycles. The van der Waals surface area contributed by atoms with E-state index in [9.17, 15) is 4.79 Å². The van der Waals surface area contributed by atoms with Crippen LogP contribution in [0.1, 0.15) is 0 Å². The van der Waals surface area contributed by atoms with Gasteiger partial charge in [-0.25, -0.2) is 0 Å². The van der Waals surface area contributed by atoms with Crippen LogP contribution in [0.2, 0.25) is 0 Å². The van der Waals surface area contributed by atoms with Gasteiger partial charge in [-0.2, -0.15) is 0 Å². The molecule has 0 aliphatic carbocycles. The molecule has 3 heterocycles. The minimum atomic E-state index is -0.376. The fourth-order valence-corrected chi connectivity index (χ4v) is 1.92. The van der Waals surface area contributed by atoms with Crippen LogP contribution in [0.3, 0.4) is 0 Å². The summed E-state index contributed by atoms with van der Waals surface area (Å²) >= 11 is 0. The maximum Gasteiger partial charge on any atom is 0.188 e. The average Bonchev–Trinajstić information content (AvgIpc) is 2.52. The first kappa shape index (κ1) is 6.57. The van der Waals surface area contributed by atoms with E-state index >= 15 is 0 Å². The lowest BCUT2D eigenvalue weighted by atomic mass is 9.98. The molecule has 0 aromatic rings. The lowest BCUT2D eigenvalue weighted by molar-refractivity contribution is -0.129. The van der Waals surface area contributed by atoms with Crippen molar-refractivity contribution in [3.8, 4) is 0 Å². The van der Waals surface area contributed by atoms with Crippen molar-refractivity contribution in [3.63, 3.8) is 0 Å². The Hall–Kier alpha value is -0.930. The third-order valence-electron chi connectivity index (χ3n) is 2.60. The van der Waals surface area contributed by atoms with Crippen LogP contribution in [0.5, 0.6) is 0 Å². The summed E-state index contributed by atoms with van der Waals surface area (Å²) < 4.78 is 10.8. The molecule has 1 fully saturated rings. The van der Waals surface area contributed by atoms with E-state index < -0.39 is 0 Å². The molecule has 3 nitrogen and oxygen atoms in total. The van der Waals surface area contributed by atoms with Crippen molar-refractivity contribution >= 4 is 5.78 Å². The SMILES string of the molecule is O=C1C=CC23COCC2=CC1O3. The molecule has 0 radical (unpaired) electrons. The van der Waals surface area contributed by atoms with Gasteiger partial charge >= 0.3 is 0 Å². The first-order chi connectivity index (χ1) is 5.80. The molecule has 0 N–H and O–H groups in total. The summed E-state index contributed by atoms with van der Waals surface area (Å²) in [4.78, 5) is 11.2. The number of carbonyl (C=O) groups excluding carboxylic acids is 1. The molecule has 1 saturated heterocycles. The van der Waals surface area contributed by atoms with Gasteiger partial charge in [-0.15, -0.1) is 0 Å². The van der Waals surface area contributed by atoms with E-state index in [4.69, 9.17) is 9.47 Å². The van der Waals surface area contributed by atoms with Crippen LogP contribution in [0.4, 0.5) is 0 Å². The van der Waals surface area contributed by atoms with Gasteiger partial charge in [0, 0.05) is 0 Å². The molecule has 0 amide bonds. The van der Waals surface area contributed by atoms with E-state index in [0.29, 0.717) is 13.2 Å². The van der Waals surface area contributed by atoms with Crippen LogP contribution in [0, 0.1) is 0 Å². The number of rotatable bonds is 0. The number of ether oxygens (including phenoxy) is 2. The molecule has 62 valence electrons. The van der Waals surface area contributed by atoms with Gasteiger partial charge in [0.2, 0.25) is 0 Å². The van der Waals surface area contributed by atoms with Crippen LogP contribution in [0.15, 0.2) is 23.8 Å². The van der Waals surface area contributed by atoms with Crippen molar-refractivity contribution in [3.05, 3.63) is 23.8 Å². The van der Waals surface area contributed by atoms with Crippen molar-refractivity contribution in [2.75, 3.05) is 13.2 Å². The Balaban J connectivity index is 2.15. The topological polar surface area (TPSA) is 35.5 Å². The molecule has 2 bridgehead atoms. The van der Waals surface area contributed by atoms with E-state index in [1.165, 1.54) is 0 Å². The third kappa shape index (κ3) is 0.612. The van der Waals surface area contributed by atoms with E-state index in [2.05, 4.69) is 0 Å². The van der Waals surface area contributed by atoms with Crippen molar-refractivity contribution in [1.82, 2.24) is 0 Å². The molecule has 12 heavy (non-hydrogen) atoms. The highest BCUT2D eigenvalue weighted by Gasteiger charge is 2.48. The number of hydrogen-bond acceptors (Lipinski definition) is 3. The Bertz CT molecular complexity index is 316. The summed E-state index contributed by atoms with van der Waals surface area (Å²) in [5.74, 6) is 0.0440. The van der Waals surface area contributed by atoms with Gasteiger partial charge in [-0.3, -0.25) is 4.79 Å². The van der Waals surface area contributed by atoms with Crippen LogP contribution in [-0.4, -0.2) is 30.7 Å². The number of carbonyl (C=O) groups is 1. The summed E-state index contributed by atoms with van der Waals surface area (Å²) in [6, 6.07) is 0. The summed E-state index contributed by atoms with van der Waals surface area (Å²) in [5, 5.41) is 0. The largest absolute Gasteiger partial charge is 0.373 e. The lowest BCUT2D eigenvalue weighted by Gasteiger charge is -2.25. The van der Waals surface area contributed by atoms with Crippen molar-refractivity contribution in [2.24, 2.45) is 0 Å². The first-order valence-corrected chi connectivity index (χ1v) is 4.00. The third-order valence-corrected chi connectivity index (χ3v) is 2.60. The molecule has 1 spiro atoms. The molecule has 2 atom stereocenters. The smallest absolute Gasteiger partial charge is 0.188 e. The second-order valence-electron chi connectivity index (χ2n) is 3.35. The molecular weight excluding hydrogens is 156 g/mol. The number of fused-ring (bicyclic) bond motifs is 1. The highest BCUT2D eigenvalue weighted by Crippen LogP contribution is 2.40. The lowest BCUT2D eigenvalue weighted by Crippen LogP contribution is -2.36. The Morgan fingerprint density at radius 1 is 1.58 bits per heavy atom. The highest BCUT2D eigenvalue weighted by atomic mass is 16.6. The average molecular weight is 164 g/mol. The maximum absolute atomic E-state index is 11.2. The van der Waals surface area contributed by atoms with Crippen LogP contribution >= 0.6 is 0 Å². The Morgan fingerprint density at radius 3 is 3.42 bits per heavy atom. The van der Waals surface area contributed by atoms with Crippen LogP contribution < -0.4 is 0 Å². The Labute approximate surface area is 69.7 Å². The highest BCUT2D eigenvalue weighted by molar-refractivity contribution is 5.97. The number of hydrogen-bond donors (Lipinski definition) is 0. The second kappa shape index (κ2) is 1.87. The van der Waals surface area contributed by atoms with Crippen LogP contribution in [0.25, 0.3) is 0 Å². The van der Waals surface area contributed by atoms with Gasteiger partial charge in [0.25, 0.3) is 0 Å². The van der Waals surface area contributed by atoms with Gasteiger partial charge in [-0.1, -0.05) is 0 Å². The fraction of sp³-hybridized carbons (Fsp3) is 0.444.